The Balaban J connectivity index is 1.39. The van der Waals surface area contributed by atoms with E-state index in [1.54, 1.807) is 12.1 Å². The zero-order valence-electron chi connectivity index (χ0n) is 15.4. The van der Waals surface area contributed by atoms with Crippen LogP contribution in [0.3, 0.4) is 0 Å². The van der Waals surface area contributed by atoms with Gasteiger partial charge < -0.3 is 9.84 Å². The van der Waals surface area contributed by atoms with Crippen molar-refractivity contribution < 1.29 is 9.32 Å². The molecule has 1 saturated carbocycles. The zero-order chi connectivity index (χ0) is 18.6. The first-order valence-corrected chi connectivity index (χ1v) is 9.47. The molecule has 1 heterocycles. The lowest BCUT2D eigenvalue weighted by Gasteiger charge is -2.06. The number of aromatic nitrogens is 2. The number of benzene rings is 2. The van der Waals surface area contributed by atoms with E-state index in [0.29, 0.717) is 23.9 Å². The molecule has 0 aliphatic heterocycles. The summed E-state index contributed by atoms with van der Waals surface area (Å²) in [5.74, 6) is 1.63. The van der Waals surface area contributed by atoms with Gasteiger partial charge in [-0.1, -0.05) is 60.0 Å². The van der Waals surface area contributed by atoms with Gasteiger partial charge in [0.15, 0.2) is 0 Å². The lowest BCUT2D eigenvalue weighted by atomic mass is 10.1. The molecule has 1 amide bonds. The molecule has 1 aromatic heterocycles. The standard InChI is InChI=1S/C22H23N3O2/c1-15-6-8-16(9-7-15)14-23-21(26)18-12-10-17(11-13-18)20-24-22(27-25-20)19-4-2-3-5-19/h6-13,19H,2-5,14H2,1H3,(H,23,26). The summed E-state index contributed by atoms with van der Waals surface area (Å²) in [5, 5.41) is 7.05. The summed E-state index contributed by atoms with van der Waals surface area (Å²) < 4.78 is 5.44. The van der Waals surface area contributed by atoms with E-state index < -0.39 is 0 Å². The van der Waals surface area contributed by atoms with Crippen LogP contribution < -0.4 is 5.32 Å². The first kappa shape index (κ1) is 17.5. The maximum atomic E-state index is 12.3. The van der Waals surface area contributed by atoms with Gasteiger partial charge in [0.2, 0.25) is 11.7 Å². The van der Waals surface area contributed by atoms with Crippen molar-refractivity contribution >= 4 is 5.91 Å². The van der Waals surface area contributed by atoms with Crippen LogP contribution in [-0.2, 0) is 6.54 Å². The van der Waals surface area contributed by atoms with Crippen molar-refractivity contribution in [2.45, 2.75) is 45.1 Å². The van der Waals surface area contributed by atoms with Crippen LogP contribution in [0.1, 0.15) is 59.0 Å². The number of carbonyl (C=O) groups excluding carboxylic acids is 1. The van der Waals surface area contributed by atoms with Gasteiger partial charge in [-0.3, -0.25) is 4.79 Å². The Kier molecular flexibility index (Phi) is 5.01. The highest BCUT2D eigenvalue weighted by molar-refractivity contribution is 5.94. The molecule has 0 atom stereocenters. The summed E-state index contributed by atoms with van der Waals surface area (Å²) in [6.07, 6.45) is 4.72. The molecule has 2 aromatic carbocycles. The average molecular weight is 361 g/mol. The number of rotatable bonds is 5. The van der Waals surface area contributed by atoms with Crippen LogP contribution in [0, 0.1) is 6.92 Å². The minimum Gasteiger partial charge on any atom is -0.348 e. The topological polar surface area (TPSA) is 68.0 Å². The van der Waals surface area contributed by atoms with E-state index >= 15 is 0 Å². The predicted octanol–water partition coefficient (Wildman–Crippen LogP) is 4.63. The van der Waals surface area contributed by atoms with Gasteiger partial charge in [-0.05, 0) is 37.5 Å². The molecule has 1 aliphatic carbocycles. The number of nitrogens with zero attached hydrogens (tertiary/aromatic N) is 2. The molecule has 0 bridgehead atoms. The number of aryl methyl sites for hydroxylation is 1. The van der Waals surface area contributed by atoms with Gasteiger partial charge in [0.1, 0.15) is 0 Å². The molecule has 0 unspecified atom stereocenters. The Morgan fingerprint density at radius 2 is 1.78 bits per heavy atom. The first-order chi connectivity index (χ1) is 13.2. The summed E-state index contributed by atoms with van der Waals surface area (Å²) >= 11 is 0. The molecule has 0 spiro atoms. The Morgan fingerprint density at radius 3 is 2.48 bits per heavy atom. The Labute approximate surface area is 158 Å². The van der Waals surface area contributed by atoms with Crippen LogP contribution in [0.15, 0.2) is 53.1 Å². The van der Waals surface area contributed by atoms with Gasteiger partial charge >= 0.3 is 0 Å². The van der Waals surface area contributed by atoms with Crippen LogP contribution in [0.5, 0.6) is 0 Å². The fourth-order valence-corrected chi connectivity index (χ4v) is 3.45. The fraction of sp³-hybridized carbons (Fsp3) is 0.318. The SMILES string of the molecule is Cc1ccc(CNC(=O)c2ccc(-c3noc(C4CCCC4)n3)cc2)cc1. The molecule has 1 fully saturated rings. The van der Waals surface area contributed by atoms with Crippen LogP contribution >= 0.6 is 0 Å². The molecule has 4 rings (SSSR count). The number of carbonyl (C=O) groups is 1. The number of hydrogen-bond acceptors (Lipinski definition) is 4. The van der Waals surface area contributed by atoms with Crippen molar-refractivity contribution in [2.24, 2.45) is 0 Å². The van der Waals surface area contributed by atoms with E-state index in [1.807, 2.05) is 43.3 Å². The molecule has 5 heteroatoms. The largest absolute Gasteiger partial charge is 0.348 e. The third-order valence-corrected chi connectivity index (χ3v) is 5.13. The zero-order valence-corrected chi connectivity index (χ0v) is 15.4. The highest BCUT2D eigenvalue weighted by Gasteiger charge is 2.23. The number of hydrogen-bond donors (Lipinski definition) is 1. The van der Waals surface area contributed by atoms with Crippen molar-refractivity contribution in [1.29, 1.82) is 0 Å². The molecule has 0 radical (unpaired) electrons. The van der Waals surface area contributed by atoms with Crippen LogP contribution in [-0.4, -0.2) is 16.0 Å². The van der Waals surface area contributed by atoms with Gasteiger partial charge in [0, 0.05) is 23.6 Å². The maximum absolute atomic E-state index is 12.3. The second-order valence-electron chi connectivity index (χ2n) is 7.18. The van der Waals surface area contributed by atoms with Gasteiger partial charge in [0.25, 0.3) is 5.91 Å². The lowest BCUT2D eigenvalue weighted by molar-refractivity contribution is 0.0951. The predicted molar refractivity (Wildman–Crippen MR) is 103 cm³/mol. The monoisotopic (exact) mass is 361 g/mol. The van der Waals surface area contributed by atoms with Crippen molar-refractivity contribution in [2.75, 3.05) is 0 Å². The van der Waals surface area contributed by atoms with Gasteiger partial charge in [-0.2, -0.15) is 4.98 Å². The Morgan fingerprint density at radius 1 is 1.07 bits per heavy atom. The van der Waals surface area contributed by atoms with Crippen molar-refractivity contribution in [3.05, 3.63) is 71.1 Å². The summed E-state index contributed by atoms with van der Waals surface area (Å²) in [6.45, 7) is 2.56. The van der Waals surface area contributed by atoms with Gasteiger partial charge in [-0.15, -0.1) is 0 Å². The van der Waals surface area contributed by atoms with E-state index in [4.69, 9.17) is 4.52 Å². The third kappa shape index (κ3) is 4.08. The molecule has 1 aliphatic rings. The summed E-state index contributed by atoms with van der Waals surface area (Å²) in [5.41, 5.74) is 3.76. The highest BCUT2D eigenvalue weighted by Crippen LogP contribution is 2.33. The minimum atomic E-state index is -0.0955. The van der Waals surface area contributed by atoms with Crippen molar-refractivity contribution in [1.82, 2.24) is 15.5 Å². The smallest absolute Gasteiger partial charge is 0.251 e. The van der Waals surface area contributed by atoms with E-state index in [2.05, 4.69) is 15.5 Å². The summed E-state index contributed by atoms with van der Waals surface area (Å²) in [7, 11) is 0. The number of nitrogens with one attached hydrogen (secondary N) is 1. The highest BCUT2D eigenvalue weighted by atomic mass is 16.5. The van der Waals surface area contributed by atoms with Crippen LogP contribution in [0.25, 0.3) is 11.4 Å². The van der Waals surface area contributed by atoms with Crippen molar-refractivity contribution in [3.8, 4) is 11.4 Å². The number of amides is 1. The van der Waals surface area contributed by atoms with E-state index in [1.165, 1.54) is 18.4 Å². The Hall–Kier alpha value is -2.95. The molecule has 0 saturated heterocycles. The normalized spacial score (nSPS) is 14.4. The molecule has 27 heavy (non-hydrogen) atoms. The second kappa shape index (κ2) is 7.74. The molecular formula is C22H23N3O2. The molecule has 1 N–H and O–H groups in total. The minimum absolute atomic E-state index is 0.0955. The van der Waals surface area contributed by atoms with Gasteiger partial charge in [-0.25, -0.2) is 0 Å². The van der Waals surface area contributed by atoms with Gasteiger partial charge in [0.05, 0.1) is 0 Å². The lowest BCUT2D eigenvalue weighted by Crippen LogP contribution is -2.22. The van der Waals surface area contributed by atoms with E-state index in [9.17, 15) is 4.79 Å². The third-order valence-electron chi connectivity index (χ3n) is 5.13. The van der Waals surface area contributed by atoms with Crippen LogP contribution in [0.4, 0.5) is 0 Å². The fourth-order valence-electron chi connectivity index (χ4n) is 3.45. The first-order valence-electron chi connectivity index (χ1n) is 9.47. The Bertz CT molecular complexity index is 907. The van der Waals surface area contributed by atoms with Crippen LogP contribution in [0.2, 0.25) is 0 Å². The molecular weight excluding hydrogens is 338 g/mol. The molecule has 3 aromatic rings. The maximum Gasteiger partial charge on any atom is 0.251 e. The molecule has 5 nitrogen and oxygen atoms in total. The second-order valence-corrected chi connectivity index (χ2v) is 7.18. The summed E-state index contributed by atoms with van der Waals surface area (Å²) in [4.78, 5) is 16.9. The van der Waals surface area contributed by atoms with Crippen molar-refractivity contribution in [3.63, 3.8) is 0 Å². The average Bonchev–Trinajstić information content (AvgIpc) is 3.39. The van der Waals surface area contributed by atoms with E-state index in [-0.39, 0.29) is 5.91 Å². The summed E-state index contributed by atoms with van der Waals surface area (Å²) in [6, 6.07) is 15.5. The van der Waals surface area contributed by atoms with E-state index in [0.717, 1.165) is 29.9 Å². The molecule has 138 valence electrons. The quantitative estimate of drug-likeness (QED) is 0.719.